The normalized spacial score (nSPS) is 10.8. The molecule has 1 heterocycles. The number of fused-ring (bicyclic) bond motifs is 1. The second kappa shape index (κ2) is 7.67. The van der Waals surface area contributed by atoms with Gasteiger partial charge in [-0.05, 0) is 26.0 Å². The third kappa shape index (κ3) is 3.90. The highest BCUT2D eigenvalue weighted by atomic mass is 16.5. The number of hydrogen-bond donors (Lipinski definition) is 1. The Balaban J connectivity index is 2.05. The summed E-state index contributed by atoms with van der Waals surface area (Å²) in [6, 6.07) is 6.99. The number of ether oxygens (including phenoxy) is 2. The molecule has 0 saturated carbocycles. The number of para-hydroxylation sites is 1. The predicted octanol–water partition coefficient (Wildman–Crippen LogP) is 0.828. The lowest BCUT2D eigenvalue weighted by Gasteiger charge is -2.12. The summed E-state index contributed by atoms with van der Waals surface area (Å²) in [5.41, 5.74) is 2.78. The van der Waals surface area contributed by atoms with Gasteiger partial charge in [0.15, 0.2) is 0 Å². The number of aromatic nitrogens is 2. The van der Waals surface area contributed by atoms with Crippen molar-refractivity contribution in [2.24, 2.45) is 0 Å². The Morgan fingerprint density at radius 3 is 2.77 bits per heavy atom. The van der Waals surface area contributed by atoms with Crippen molar-refractivity contribution in [3.05, 3.63) is 40.4 Å². The first-order valence-electron chi connectivity index (χ1n) is 7.07. The zero-order valence-corrected chi connectivity index (χ0v) is 12.7. The van der Waals surface area contributed by atoms with Crippen molar-refractivity contribution >= 4 is 16.8 Å². The van der Waals surface area contributed by atoms with E-state index < -0.39 is 5.91 Å². The van der Waals surface area contributed by atoms with Gasteiger partial charge in [0.1, 0.15) is 12.4 Å². The minimum atomic E-state index is -0.418. The van der Waals surface area contributed by atoms with E-state index in [0.717, 1.165) is 4.68 Å². The summed E-state index contributed by atoms with van der Waals surface area (Å²) in [5.74, 6) is -0.00912. The monoisotopic (exact) mass is 305 g/mol. The van der Waals surface area contributed by atoms with Crippen molar-refractivity contribution in [3.63, 3.8) is 0 Å². The zero-order chi connectivity index (χ0) is 15.9. The van der Waals surface area contributed by atoms with Gasteiger partial charge in [-0.2, -0.15) is 0 Å². The molecular formula is C15H19N3O4. The SMILES string of the molecule is CCOCCOCC(=O)Nn1c(C)nc2ccccc2c1=O. The minimum Gasteiger partial charge on any atom is -0.379 e. The van der Waals surface area contributed by atoms with Gasteiger partial charge in [0.25, 0.3) is 11.5 Å². The number of nitrogens with zero attached hydrogens (tertiary/aromatic N) is 2. The highest BCUT2D eigenvalue weighted by molar-refractivity contribution is 5.85. The Morgan fingerprint density at radius 1 is 1.27 bits per heavy atom. The predicted molar refractivity (Wildman–Crippen MR) is 82.4 cm³/mol. The van der Waals surface area contributed by atoms with E-state index in [1.54, 1.807) is 25.1 Å². The number of carbonyl (C=O) groups excluding carboxylic acids is 1. The third-order valence-corrected chi connectivity index (χ3v) is 2.99. The maximum absolute atomic E-state index is 12.3. The van der Waals surface area contributed by atoms with E-state index in [1.165, 1.54) is 0 Å². The molecule has 0 radical (unpaired) electrons. The van der Waals surface area contributed by atoms with E-state index in [1.807, 2.05) is 13.0 Å². The quantitative estimate of drug-likeness (QED) is 0.766. The maximum atomic E-state index is 12.3. The Morgan fingerprint density at radius 2 is 2.00 bits per heavy atom. The molecule has 0 aliphatic heterocycles. The number of nitrogens with one attached hydrogen (secondary N) is 1. The van der Waals surface area contributed by atoms with Crippen molar-refractivity contribution < 1.29 is 14.3 Å². The summed E-state index contributed by atoms with van der Waals surface area (Å²) in [5, 5.41) is 0.450. The van der Waals surface area contributed by atoms with E-state index >= 15 is 0 Å². The molecule has 0 bridgehead atoms. The molecule has 7 heteroatoms. The molecule has 0 aliphatic rings. The fraction of sp³-hybridized carbons (Fsp3) is 0.400. The van der Waals surface area contributed by atoms with Gasteiger partial charge < -0.3 is 9.47 Å². The molecule has 1 aromatic carbocycles. The standard InChI is InChI=1S/C15H19N3O4/c1-3-21-8-9-22-10-14(19)17-18-11(2)16-13-7-5-4-6-12(13)15(18)20/h4-7H,3,8-10H2,1-2H3,(H,17,19). The number of benzene rings is 1. The first-order valence-corrected chi connectivity index (χ1v) is 7.07. The number of carbonyl (C=O) groups is 1. The van der Waals surface area contributed by atoms with Crippen LogP contribution in [0.1, 0.15) is 12.7 Å². The summed E-state index contributed by atoms with van der Waals surface area (Å²) in [7, 11) is 0. The highest BCUT2D eigenvalue weighted by Crippen LogP contribution is 2.06. The fourth-order valence-electron chi connectivity index (χ4n) is 1.96. The number of rotatable bonds is 7. The van der Waals surface area contributed by atoms with Crippen LogP contribution < -0.4 is 11.0 Å². The summed E-state index contributed by atoms with van der Waals surface area (Å²) < 4.78 is 11.4. The van der Waals surface area contributed by atoms with Gasteiger partial charge in [0, 0.05) is 6.61 Å². The Bertz CT molecular complexity index is 711. The van der Waals surface area contributed by atoms with Crippen molar-refractivity contribution in [1.29, 1.82) is 0 Å². The van der Waals surface area contributed by atoms with Gasteiger partial charge in [-0.25, -0.2) is 9.66 Å². The largest absolute Gasteiger partial charge is 0.379 e. The molecular weight excluding hydrogens is 286 g/mol. The van der Waals surface area contributed by atoms with Crippen LogP contribution in [0.4, 0.5) is 0 Å². The van der Waals surface area contributed by atoms with Crippen LogP contribution in [-0.4, -0.2) is 42.0 Å². The van der Waals surface area contributed by atoms with Gasteiger partial charge in [-0.3, -0.25) is 15.0 Å². The first kappa shape index (κ1) is 16.1. The fourth-order valence-corrected chi connectivity index (χ4v) is 1.96. The Kier molecular flexibility index (Phi) is 5.62. The number of amides is 1. The van der Waals surface area contributed by atoms with Crippen LogP contribution in [0.5, 0.6) is 0 Å². The van der Waals surface area contributed by atoms with E-state index in [2.05, 4.69) is 10.4 Å². The van der Waals surface area contributed by atoms with Crippen LogP contribution in [0, 0.1) is 6.92 Å². The highest BCUT2D eigenvalue weighted by Gasteiger charge is 2.10. The molecule has 0 spiro atoms. The molecule has 1 amide bonds. The minimum absolute atomic E-state index is 0.147. The van der Waals surface area contributed by atoms with Crippen LogP contribution in [0.15, 0.2) is 29.1 Å². The molecule has 0 unspecified atom stereocenters. The van der Waals surface area contributed by atoms with Crippen molar-refractivity contribution in [2.75, 3.05) is 31.9 Å². The number of hydrogen-bond acceptors (Lipinski definition) is 5. The Labute approximate surface area is 127 Å². The molecule has 0 saturated heterocycles. The molecule has 0 aliphatic carbocycles. The Hall–Kier alpha value is -2.25. The molecule has 0 fully saturated rings. The zero-order valence-electron chi connectivity index (χ0n) is 12.7. The molecule has 1 N–H and O–H groups in total. The van der Waals surface area contributed by atoms with Crippen LogP contribution >= 0.6 is 0 Å². The molecule has 1 aromatic heterocycles. The maximum Gasteiger partial charge on any atom is 0.280 e. The van der Waals surface area contributed by atoms with E-state index in [9.17, 15) is 9.59 Å². The average molecular weight is 305 g/mol. The first-order chi connectivity index (χ1) is 10.6. The molecule has 118 valence electrons. The molecule has 2 rings (SSSR count). The van der Waals surface area contributed by atoms with Crippen molar-refractivity contribution in [1.82, 2.24) is 9.66 Å². The molecule has 7 nitrogen and oxygen atoms in total. The van der Waals surface area contributed by atoms with Crippen molar-refractivity contribution in [3.8, 4) is 0 Å². The van der Waals surface area contributed by atoms with E-state index in [-0.39, 0.29) is 12.2 Å². The number of aryl methyl sites for hydroxylation is 1. The summed E-state index contributed by atoms with van der Waals surface area (Å²) in [6.07, 6.45) is 0. The lowest BCUT2D eigenvalue weighted by Crippen LogP contribution is -2.37. The van der Waals surface area contributed by atoms with E-state index in [4.69, 9.17) is 9.47 Å². The summed E-state index contributed by atoms with van der Waals surface area (Å²) in [4.78, 5) is 28.5. The molecule has 22 heavy (non-hydrogen) atoms. The van der Waals surface area contributed by atoms with Gasteiger partial charge in [0.2, 0.25) is 0 Å². The lowest BCUT2D eigenvalue weighted by molar-refractivity contribution is -0.122. The molecule has 2 aromatic rings. The molecule has 0 atom stereocenters. The van der Waals surface area contributed by atoms with Gasteiger partial charge in [-0.15, -0.1) is 0 Å². The van der Waals surface area contributed by atoms with Crippen LogP contribution in [0.2, 0.25) is 0 Å². The van der Waals surface area contributed by atoms with Crippen LogP contribution in [-0.2, 0) is 14.3 Å². The smallest absolute Gasteiger partial charge is 0.280 e. The second-order valence-electron chi connectivity index (χ2n) is 4.60. The van der Waals surface area contributed by atoms with Gasteiger partial charge in [0.05, 0.1) is 24.1 Å². The summed E-state index contributed by atoms with van der Waals surface area (Å²) in [6.45, 7) is 4.75. The topological polar surface area (TPSA) is 82.4 Å². The van der Waals surface area contributed by atoms with Crippen molar-refractivity contribution in [2.45, 2.75) is 13.8 Å². The second-order valence-corrected chi connectivity index (χ2v) is 4.60. The van der Waals surface area contributed by atoms with E-state index in [0.29, 0.717) is 36.5 Å². The lowest BCUT2D eigenvalue weighted by atomic mass is 10.2. The third-order valence-electron chi connectivity index (χ3n) is 2.99. The van der Waals surface area contributed by atoms with Gasteiger partial charge in [-0.1, -0.05) is 12.1 Å². The average Bonchev–Trinajstić information content (AvgIpc) is 2.51. The summed E-state index contributed by atoms with van der Waals surface area (Å²) >= 11 is 0. The van der Waals surface area contributed by atoms with Crippen LogP contribution in [0.25, 0.3) is 10.9 Å². The van der Waals surface area contributed by atoms with Crippen LogP contribution in [0.3, 0.4) is 0 Å². The van der Waals surface area contributed by atoms with Gasteiger partial charge >= 0.3 is 0 Å².